The summed E-state index contributed by atoms with van der Waals surface area (Å²) in [6, 6.07) is 6.34. The minimum Gasteiger partial charge on any atom is -0.464 e. The van der Waals surface area contributed by atoms with Gasteiger partial charge >= 0.3 is 12.0 Å². The number of aliphatic hydroxyl groups excluding tert-OH is 1. The van der Waals surface area contributed by atoms with Gasteiger partial charge in [0.1, 0.15) is 23.2 Å². The Kier molecular flexibility index (Phi) is 16.2. The fourth-order valence-corrected chi connectivity index (χ4v) is 12.3. The van der Waals surface area contributed by atoms with E-state index in [9.17, 15) is 19.5 Å². The van der Waals surface area contributed by atoms with Gasteiger partial charge in [-0.15, -0.1) is 11.3 Å². The highest BCUT2D eigenvalue weighted by Crippen LogP contribution is 2.44. The van der Waals surface area contributed by atoms with Gasteiger partial charge in [-0.05, 0) is 83.1 Å². The molecule has 6 bridgehead atoms. The van der Waals surface area contributed by atoms with Crippen molar-refractivity contribution in [3.05, 3.63) is 52.1 Å². The number of methoxy groups -OCH3 is 1. The first-order chi connectivity index (χ1) is 35.8. The molecule has 19 nitrogen and oxygen atoms in total. The third kappa shape index (κ3) is 11.1. The zero-order valence-corrected chi connectivity index (χ0v) is 44.7. The number of thiazole rings is 1. The van der Waals surface area contributed by atoms with E-state index in [4.69, 9.17) is 38.4 Å². The number of aliphatic hydroxyl groups is 1. The standard InChI is InChI=1S/C54H75N9O10S/c1-7-71-49-47(57-53(67)62-16-12-44(62)33(2)64)51(65)63-15-8-9-42(58-63)52(66)73-32-54(4,5)27-41-39-25-35(43-31-74-50(49)56-43)10-11-45(39)61(21-24-72-38-13-22-69-23-14-38)48(41)40-26-36(28-55-46(40)34(3)68-6)59-17-19-60(20-18-59)37-29-70-30-37/h10-11,25-26,28,31,33-34,37-38,42,44,47,49,58,64H,7-9,12-24,27,29-30,32H2,1-6H3,(H,57,67)/t33-,34+,42+,44?,47+,49+/m1/s1. The highest BCUT2D eigenvalue weighted by molar-refractivity contribution is 7.10. The molecule has 6 aliphatic heterocycles. The molecule has 0 aliphatic carbocycles. The number of pyridine rings is 1. The van der Waals surface area contributed by atoms with E-state index in [-0.39, 0.29) is 31.5 Å². The maximum atomic E-state index is 14.8. The first-order valence-corrected chi connectivity index (χ1v) is 27.7. The van der Waals surface area contributed by atoms with Crippen molar-refractivity contribution in [3.8, 4) is 22.5 Å². The van der Waals surface area contributed by atoms with Crippen LogP contribution in [0, 0.1) is 5.41 Å². The predicted molar refractivity (Wildman–Crippen MR) is 280 cm³/mol. The third-order valence-electron chi connectivity index (χ3n) is 15.9. The second kappa shape index (κ2) is 22.8. The molecule has 0 spiro atoms. The molecule has 74 heavy (non-hydrogen) atoms. The van der Waals surface area contributed by atoms with Gasteiger partial charge in [-0.3, -0.25) is 24.5 Å². The minimum absolute atomic E-state index is 0.105. The maximum absolute atomic E-state index is 14.8. The van der Waals surface area contributed by atoms with E-state index in [1.165, 1.54) is 16.3 Å². The number of benzene rings is 1. The van der Waals surface area contributed by atoms with E-state index >= 15 is 0 Å². The average molecular weight is 1040 g/mol. The number of amides is 3. The number of rotatable bonds is 13. The Labute approximate surface area is 438 Å². The van der Waals surface area contributed by atoms with Crippen LogP contribution in [0.25, 0.3) is 33.4 Å². The molecule has 6 atom stereocenters. The zero-order chi connectivity index (χ0) is 51.7. The summed E-state index contributed by atoms with van der Waals surface area (Å²) in [7, 11) is 1.72. The summed E-state index contributed by atoms with van der Waals surface area (Å²) in [5.41, 5.74) is 10.1. The Morgan fingerprint density at radius 3 is 2.51 bits per heavy atom. The zero-order valence-electron chi connectivity index (χ0n) is 43.9. The number of anilines is 1. The Morgan fingerprint density at radius 1 is 1.01 bits per heavy atom. The first-order valence-electron chi connectivity index (χ1n) is 26.8. The van der Waals surface area contributed by atoms with Gasteiger partial charge in [-0.25, -0.2) is 15.2 Å². The van der Waals surface area contributed by atoms with Gasteiger partial charge in [0.25, 0.3) is 5.91 Å². The van der Waals surface area contributed by atoms with Gasteiger partial charge in [0.05, 0.1) is 85.8 Å². The summed E-state index contributed by atoms with van der Waals surface area (Å²) in [4.78, 5) is 60.1. The SMILES string of the molecule is CCO[C@@H]1c2nc(cs2)-c2ccc3c(c2)c(c(-c2cc(N4CCN(C5COC5)CC4)cnc2[C@H](C)OC)n3CCOC2CCOCC2)CC(C)(C)COC(=O)[C@@H]2CCCN(N2)C(=O)[C@H]1NC(=O)N1CCC1[C@@H](C)O. The van der Waals surface area contributed by atoms with E-state index in [1.807, 2.05) is 25.4 Å². The number of fused-ring (bicyclic) bond motifs is 6. The molecule has 5 saturated heterocycles. The van der Waals surface area contributed by atoms with Gasteiger partial charge in [-0.1, -0.05) is 19.9 Å². The molecule has 0 saturated carbocycles. The molecule has 0 radical (unpaired) electrons. The summed E-state index contributed by atoms with van der Waals surface area (Å²) in [5, 5.41) is 18.4. The van der Waals surface area contributed by atoms with E-state index in [0.29, 0.717) is 81.9 Å². The summed E-state index contributed by atoms with van der Waals surface area (Å²) in [5.74, 6) is -0.925. The fourth-order valence-electron chi connectivity index (χ4n) is 11.4. The van der Waals surface area contributed by atoms with Crippen LogP contribution in [0.2, 0.25) is 0 Å². The predicted octanol–water partition coefficient (Wildman–Crippen LogP) is 5.48. The number of piperazine rings is 1. The molecule has 6 aliphatic rings. The number of hydrazine groups is 1. The number of ether oxygens (including phenoxy) is 6. The van der Waals surface area contributed by atoms with Crippen molar-refractivity contribution in [2.75, 3.05) is 97.5 Å². The number of esters is 1. The highest BCUT2D eigenvalue weighted by Gasteiger charge is 2.43. The monoisotopic (exact) mass is 1040 g/mol. The fraction of sp³-hybridized carbons (Fsp3) is 0.648. The third-order valence-corrected chi connectivity index (χ3v) is 16.8. The lowest BCUT2D eigenvalue weighted by Gasteiger charge is -2.44. The maximum Gasteiger partial charge on any atom is 0.324 e. The van der Waals surface area contributed by atoms with Gasteiger partial charge < -0.3 is 53.2 Å². The molecular weight excluding hydrogens is 967 g/mol. The highest BCUT2D eigenvalue weighted by atomic mass is 32.1. The number of hydrogen-bond acceptors (Lipinski definition) is 16. The number of urea groups is 1. The topological polar surface area (TPSA) is 195 Å². The van der Waals surface area contributed by atoms with Crippen molar-refractivity contribution in [3.63, 3.8) is 0 Å². The smallest absolute Gasteiger partial charge is 0.324 e. The molecule has 9 heterocycles. The van der Waals surface area contributed by atoms with E-state index in [1.54, 1.807) is 18.9 Å². The molecule has 3 aromatic heterocycles. The normalized spacial score (nSPS) is 25.3. The van der Waals surface area contributed by atoms with Gasteiger partial charge in [0.15, 0.2) is 0 Å². The van der Waals surface area contributed by atoms with Gasteiger partial charge in [-0.2, -0.15) is 0 Å². The number of nitrogens with one attached hydrogen (secondary N) is 2. The average Bonchev–Trinajstić information content (AvgIpc) is 3.98. The number of carbonyl (C=O) groups is 3. The number of aromatic nitrogens is 3. The van der Waals surface area contributed by atoms with Crippen LogP contribution in [0.3, 0.4) is 0 Å². The molecule has 402 valence electrons. The lowest BCUT2D eigenvalue weighted by atomic mass is 9.84. The summed E-state index contributed by atoms with van der Waals surface area (Å²) < 4.78 is 39.0. The van der Waals surface area contributed by atoms with Crippen LogP contribution in [0.5, 0.6) is 0 Å². The number of nitrogens with zero attached hydrogens (tertiary/aromatic N) is 7. The quantitative estimate of drug-likeness (QED) is 0.142. The summed E-state index contributed by atoms with van der Waals surface area (Å²) in [6.07, 6.45) is 3.90. The van der Waals surface area contributed by atoms with Crippen molar-refractivity contribution in [2.24, 2.45) is 5.41 Å². The first kappa shape index (κ1) is 52.7. The van der Waals surface area contributed by atoms with Crippen LogP contribution in [0.15, 0.2) is 35.8 Å². The van der Waals surface area contributed by atoms with E-state index < -0.39 is 47.6 Å². The largest absolute Gasteiger partial charge is 0.464 e. The second-order valence-electron chi connectivity index (χ2n) is 21.5. The van der Waals surface area contributed by atoms with E-state index in [2.05, 4.69) is 63.2 Å². The van der Waals surface area contributed by atoms with Gasteiger partial charge in [0, 0.05) is 106 Å². The molecule has 4 aromatic rings. The van der Waals surface area contributed by atoms with Crippen molar-refractivity contribution in [1.29, 1.82) is 0 Å². The van der Waals surface area contributed by atoms with Crippen molar-refractivity contribution in [1.82, 2.24) is 40.1 Å². The lowest BCUT2D eigenvalue weighted by molar-refractivity contribution is -0.156. The summed E-state index contributed by atoms with van der Waals surface area (Å²) >= 11 is 1.37. The molecular formula is C54H75N9O10S. The van der Waals surface area contributed by atoms with Crippen LogP contribution in [-0.4, -0.2) is 181 Å². The number of carbonyl (C=O) groups excluding carboxylic acids is 3. The molecule has 20 heteroatoms. The van der Waals surface area contributed by atoms with Crippen molar-refractivity contribution < 1.29 is 47.9 Å². The number of hydrogen-bond donors (Lipinski definition) is 3. The molecule has 1 unspecified atom stereocenters. The molecule has 10 rings (SSSR count). The number of cyclic esters (lactones) is 1. The van der Waals surface area contributed by atoms with Crippen LogP contribution >= 0.6 is 11.3 Å². The number of likely N-dealkylation sites (tertiary alicyclic amines) is 1. The Morgan fingerprint density at radius 2 is 1.81 bits per heavy atom. The van der Waals surface area contributed by atoms with Crippen LogP contribution in [0.1, 0.15) is 95.2 Å². The Hall–Kier alpha value is -4.77. The Balaban J connectivity index is 1.11. The molecule has 3 N–H and O–H groups in total. The van der Waals surface area contributed by atoms with Crippen LogP contribution in [-0.2, 0) is 51.0 Å². The van der Waals surface area contributed by atoms with Gasteiger partial charge in [0.2, 0.25) is 0 Å². The lowest BCUT2D eigenvalue weighted by Crippen LogP contribution is -2.65. The van der Waals surface area contributed by atoms with Crippen LogP contribution < -0.4 is 15.6 Å². The second-order valence-corrected chi connectivity index (χ2v) is 22.4. The summed E-state index contributed by atoms with van der Waals surface area (Å²) in [6.45, 7) is 18.5. The molecule has 1 aromatic carbocycles. The van der Waals surface area contributed by atoms with Crippen molar-refractivity contribution in [2.45, 2.75) is 128 Å². The van der Waals surface area contributed by atoms with Crippen LogP contribution in [0.4, 0.5) is 10.5 Å². The molecule has 3 amide bonds. The Bertz CT molecular complexity index is 2620. The van der Waals surface area contributed by atoms with E-state index in [0.717, 1.165) is 96.9 Å². The van der Waals surface area contributed by atoms with Crippen molar-refractivity contribution >= 4 is 45.8 Å². The molecule has 5 fully saturated rings. The minimum atomic E-state index is -1.22.